The van der Waals surface area contributed by atoms with Crippen molar-refractivity contribution in [2.24, 2.45) is 5.10 Å². The van der Waals surface area contributed by atoms with Crippen molar-refractivity contribution in [2.45, 2.75) is 13.3 Å². The van der Waals surface area contributed by atoms with E-state index in [0.29, 0.717) is 5.11 Å². The summed E-state index contributed by atoms with van der Waals surface area (Å²) in [6.07, 6.45) is 0.861. The molecule has 6 heteroatoms. The minimum Gasteiger partial charge on any atom is -0.399 e. The Balaban J connectivity index is 1.77. The van der Waals surface area contributed by atoms with Crippen molar-refractivity contribution in [3.8, 4) is 0 Å². The fourth-order valence-corrected chi connectivity index (χ4v) is 2.21. The van der Waals surface area contributed by atoms with Crippen molar-refractivity contribution in [3.63, 3.8) is 0 Å². The summed E-state index contributed by atoms with van der Waals surface area (Å²) in [4.78, 5) is 0. The Labute approximate surface area is 146 Å². The first-order valence-corrected chi connectivity index (χ1v) is 8.02. The zero-order chi connectivity index (χ0) is 16.7. The lowest BCUT2D eigenvalue weighted by Gasteiger charge is -2.08. The van der Waals surface area contributed by atoms with Gasteiger partial charge in [-0.25, -0.2) is 0 Å². The van der Waals surface area contributed by atoms with Gasteiger partial charge in [-0.05, 0) is 61.0 Å². The second-order valence-corrected chi connectivity index (χ2v) is 5.91. The van der Waals surface area contributed by atoms with Crippen LogP contribution < -0.4 is 16.5 Å². The lowest BCUT2D eigenvalue weighted by molar-refractivity contribution is 0.836. The van der Waals surface area contributed by atoms with Gasteiger partial charge >= 0.3 is 0 Å². The van der Waals surface area contributed by atoms with Gasteiger partial charge in [-0.3, -0.25) is 5.43 Å². The molecule has 2 aromatic rings. The molecule has 0 bridgehead atoms. The highest BCUT2D eigenvalue weighted by molar-refractivity contribution is 7.80. The molecule has 0 aromatic heterocycles. The Morgan fingerprint density at radius 2 is 1.78 bits per heavy atom. The van der Waals surface area contributed by atoms with E-state index in [9.17, 15) is 0 Å². The summed E-state index contributed by atoms with van der Waals surface area (Å²) in [6, 6.07) is 15.3. The summed E-state index contributed by atoms with van der Waals surface area (Å²) in [6.45, 7) is 2.64. The number of hydrazone groups is 1. The molecule has 0 fully saturated rings. The van der Waals surface area contributed by atoms with Gasteiger partial charge in [0.1, 0.15) is 0 Å². The molecule has 0 spiro atoms. The number of nitrogens with two attached hydrogens (primary N) is 1. The molecule has 2 aromatic carbocycles. The van der Waals surface area contributed by atoms with E-state index in [2.05, 4.69) is 15.8 Å². The molecule has 0 saturated heterocycles. The lowest BCUT2D eigenvalue weighted by Crippen LogP contribution is -2.33. The molecular weight excluding hydrogens is 328 g/mol. The molecule has 0 atom stereocenters. The minimum atomic E-state index is 0.494. The first-order chi connectivity index (χ1) is 11.0. The second kappa shape index (κ2) is 8.50. The van der Waals surface area contributed by atoms with Gasteiger partial charge in [0.15, 0.2) is 5.11 Å². The Hall–Kier alpha value is -2.11. The van der Waals surface area contributed by atoms with Crippen molar-refractivity contribution in [1.82, 2.24) is 10.7 Å². The molecule has 23 heavy (non-hydrogen) atoms. The average molecular weight is 347 g/mol. The summed E-state index contributed by atoms with van der Waals surface area (Å²) in [5, 5.41) is 8.62. The number of nitrogens with zero attached hydrogens (tertiary/aromatic N) is 1. The SMILES string of the molecule is C/C(=N/NC(=S)NCCc1ccc(Cl)cc1)c1ccc(N)cc1. The van der Waals surface area contributed by atoms with Gasteiger partial charge in [0.05, 0.1) is 5.71 Å². The van der Waals surface area contributed by atoms with Crippen molar-refractivity contribution >= 4 is 40.3 Å². The number of hydrogen-bond acceptors (Lipinski definition) is 3. The normalized spacial score (nSPS) is 11.1. The third-order valence-electron chi connectivity index (χ3n) is 3.27. The molecule has 0 aliphatic rings. The summed E-state index contributed by atoms with van der Waals surface area (Å²) in [5.74, 6) is 0. The molecule has 0 saturated carbocycles. The number of halogens is 1. The smallest absolute Gasteiger partial charge is 0.186 e. The molecule has 0 amide bonds. The van der Waals surface area contributed by atoms with E-state index in [-0.39, 0.29) is 0 Å². The van der Waals surface area contributed by atoms with Crippen LogP contribution in [-0.2, 0) is 6.42 Å². The zero-order valence-electron chi connectivity index (χ0n) is 12.8. The van der Waals surface area contributed by atoms with Gasteiger partial charge in [-0.2, -0.15) is 5.10 Å². The quantitative estimate of drug-likeness (QED) is 0.336. The average Bonchev–Trinajstić information content (AvgIpc) is 2.55. The number of nitrogen functional groups attached to an aromatic ring is 1. The van der Waals surface area contributed by atoms with E-state index in [1.54, 1.807) is 0 Å². The van der Waals surface area contributed by atoms with Gasteiger partial charge in [0.2, 0.25) is 0 Å². The fraction of sp³-hybridized carbons (Fsp3) is 0.176. The largest absolute Gasteiger partial charge is 0.399 e. The summed E-state index contributed by atoms with van der Waals surface area (Å²) >= 11 is 11.1. The van der Waals surface area contributed by atoms with Gasteiger partial charge in [0.25, 0.3) is 0 Å². The Morgan fingerprint density at radius 1 is 1.13 bits per heavy atom. The molecule has 2 rings (SSSR count). The van der Waals surface area contributed by atoms with Gasteiger partial charge in [-0.15, -0.1) is 0 Å². The lowest BCUT2D eigenvalue weighted by atomic mass is 10.1. The van der Waals surface area contributed by atoms with E-state index < -0.39 is 0 Å². The predicted octanol–water partition coefficient (Wildman–Crippen LogP) is 3.35. The molecule has 120 valence electrons. The van der Waals surface area contributed by atoms with Crippen LogP contribution in [0.1, 0.15) is 18.1 Å². The first kappa shape index (κ1) is 17.2. The number of anilines is 1. The Kier molecular flexibility index (Phi) is 6.38. The second-order valence-electron chi connectivity index (χ2n) is 5.06. The molecule has 4 N–H and O–H groups in total. The molecule has 0 radical (unpaired) electrons. The highest BCUT2D eigenvalue weighted by atomic mass is 35.5. The van der Waals surface area contributed by atoms with E-state index in [0.717, 1.165) is 35.0 Å². The van der Waals surface area contributed by atoms with Crippen LogP contribution in [0.25, 0.3) is 0 Å². The van der Waals surface area contributed by atoms with Crippen molar-refractivity contribution in [1.29, 1.82) is 0 Å². The van der Waals surface area contributed by atoms with Crippen LogP contribution in [0.5, 0.6) is 0 Å². The third-order valence-corrected chi connectivity index (χ3v) is 3.75. The molecule has 0 aliphatic carbocycles. The van der Waals surface area contributed by atoms with E-state index >= 15 is 0 Å². The zero-order valence-corrected chi connectivity index (χ0v) is 14.4. The number of rotatable bonds is 5. The van der Waals surface area contributed by atoms with Crippen molar-refractivity contribution in [3.05, 3.63) is 64.7 Å². The number of thiocarbonyl (C=S) groups is 1. The maximum Gasteiger partial charge on any atom is 0.186 e. The minimum absolute atomic E-state index is 0.494. The van der Waals surface area contributed by atoms with E-state index in [4.69, 9.17) is 29.6 Å². The first-order valence-electron chi connectivity index (χ1n) is 7.23. The predicted molar refractivity (Wildman–Crippen MR) is 102 cm³/mol. The van der Waals surface area contributed by atoms with Gasteiger partial charge < -0.3 is 11.1 Å². The Morgan fingerprint density at radius 3 is 2.43 bits per heavy atom. The maximum absolute atomic E-state index is 5.86. The van der Waals surface area contributed by atoms with Crippen LogP contribution in [0.15, 0.2) is 53.6 Å². The van der Waals surface area contributed by atoms with Crippen molar-refractivity contribution < 1.29 is 0 Å². The van der Waals surface area contributed by atoms with Gasteiger partial charge in [-0.1, -0.05) is 35.9 Å². The van der Waals surface area contributed by atoms with Gasteiger partial charge in [0, 0.05) is 17.3 Å². The standard InChI is InChI=1S/C17H19ClN4S/c1-12(14-4-8-16(19)9-5-14)21-22-17(23)20-11-10-13-2-6-15(18)7-3-13/h2-9H,10-11,19H2,1H3,(H2,20,22,23)/b21-12-. The maximum atomic E-state index is 5.86. The summed E-state index contributed by atoms with van der Waals surface area (Å²) in [7, 11) is 0. The summed E-state index contributed by atoms with van der Waals surface area (Å²) < 4.78 is 0. The number of hydrogen-bond donors (Lipinski definition) is 3. The summed E-state index contributed by atoms with van der Waals surface area (Å²) in [5.41, 5.74) is 12.3. The van der Waals surface area contributed by atoms with Crippen LogP contribution in [0.3, 0.4) is 0 Å². The van der Waals surface area contributed by atoms with Crippen LogP contribution in [0, 0.1) is 0 Å². The van der Waals surface area contributed by atoms with Crippen LogP contribution in [0.2, 0.25) is 5.02 Å². The fourth-order valence-electron chi connectivity index (χ4n) is 1.93. The van der Waals surface area contributed by atoms with Crippen molar-refractivity contribution in [2.75, 3.05) is 12.3 Å². The molecule has 0 heterocycles. The molecule has 0 unspecified atom stereocenters. The van der Waals surface area contributed by atoms with E-state index in [1.165, 1.54) is 5.56 Å². The van der Waals surface area contributed by atoms with Crippen LogP contribution >= 0.6 is 23.8 Å². The van der Waals surface area contributed by atoms with E-state index in [1.807, 2.05) is 55.5 Å². The van der Waals surface area contributed by atoms with Crippen LogP contribution in [0.4, 0.5) is 5.69 Å². The molecule has 4 nitrogen and oxygen atoms in total. The number of benzene rings is 2. The Bertz CT molecular complexity index is 681. The number of nitrogens with one attached hydrogen (secondary N) is 2. The molecule has 0 aliphatic heterocycles. The molecular formula is C17H19ClN4S. The highest BCUT2D eigenvalue weighted by Gasteiger charge is 1.99. The highest BCUT2D eigenvalue weighted by Crippen LogP contribution is 2.09. The monoisotopic (exact) mass is 346 g/mol. The third kappa shape index (κ3) is 5.88. The van der Waals surface area contributed by atoms with Crippen LogP contribution in [-0.4, -0.2) is 17.4 Å². The topological polar surface area (TPSA) is 62.4 Å².